The van der Waals surface area contributed by atoms with Crippen LogP contribution in [0, 0.1) is 0 Å². The van der Waals surface area contributed by atoms with Crippen LogP contribution in [-0.4, -0.2) is 41.5 Å². The first-order chi connectivity index (χ1) is 8.09. The molecule has 2 heterocycles. The first-order valence-electron chi connectivity index (χ1n) is 4.66. The van der Waals surface area contributed by atoms with Crippen LogP contribution in [0.4, 0.5) is 0 Å². The number of aromatic nitrogens is 6. The van der Waals surface area contributed by atoms with Crippen molar-refractivity contribution >= 4 is 5.97 Å². The Morgan fingerprint density at radius 3 is 2.88 bits per heavy atom. The molecule has 2 aromatic heterocycles. The Labute approximate surface area is 94.1 Å². The minimum Gasteiger partial charge on any atom is -0.480 e. The molecule has 9 heteroatoms. The topological polar surface area (TPSA) is 127 Å². The normalized spacial score (nSPS) is 12.3. The molecule has 0 aromatic carbocycles. The highest BCUT2D eigenvalue weighted by Gasteiger charge is 2.20. The van der Waals surface area contributed by atoms with Crippen LogP contribution in [0.5, 0.6) is 0 Å². The van der Waals surface area contributed by atoms with Crippen molar-refractivity contribution in [2.24, 2.45) is 0 Å². The molecule has 0 aliphatic rings. The molecule has 0 radical (unpaired) electrons. The van der Waals surface area contributed by atoms with Crippen molar-refractivity contribution in [2.75, 3.05) is 0 Å². The van der Waals surface area contributed by atoms with Crippen molar-refractivity contribution < 1.29 is 9.90 Å². The molecule has 0 bridgehead atoms. The lowest BCUT2D eigenvalue weighted by Gasteiger charge is -2.07. The predicted molar refractivity (Wildman–Crippen MR) is 54.0 cm³/mol. The third kappa shape index (κ3) is 2.02. The van der Waals surface area contributed by atoms with Gasteiger partial charge in [0.2, 0.25) is 5.82 Å². The lowest BCUT2D eigenvalue weighted by atomic mass is 10.3. The Kier molecular flexibility index (Phi) is 2.65. The summed E-state index contributed by atoms with van der Waals surface area (Å²) in [6.45, 7) is 1.44. The molecule has 2 aromatic rings. The lowest BCUT2D eigenvalue weighted by molar-refractivity contribution is -0.140. The molecule has 88 valence electrons. The third-order valence-corrected chi connectivity index (χ3v) is 2.13. The molecular formula is C8H8N6O3. The number of carbonyl (C=O) groups is 1. The van der Waals surface area contributed by atoms with Gasteiger partial charge >= 0.3 is 5.97 Å². The van der Waals surface area contributed by atoms with Gasteiger partial charge in [0.25, 0.3) is 5.56 Å². The van der Waals surface area contributed by atoms with Crippen molar-refractivity contribution in [1.82, 2.24) is 30.4 Å². The smallest absolute Gasteiger partial charge is 0.328 e. The second-order valence-electron chi connectivity index (χ2n) is 3.27. The van der Waals surface area contributed by atoms with Crippen LogP contribution >= 0.6 is 0 Å². The number of tetrazole rings is 1. The second kappa shape index (κ2) is 4.12. The summed E-state index contributed by atoms with van der Waals surface area (Å²) in [4.78, 5) is 21.7. The molecule has 0 saturated carbocycles. The Morgan fingerprint density at radius 1 is 1.53 bits per heavy atom. The summed E-state index contributed by atoms with van der Waals surface area (Å²) in [6.07, 6.45) is 0. The SMILES string of the molecule is CC(C(=O)O)n1nnnc1-c1ccc(=O)[nH]n1. The fourth-order valence-corrected chi connectivity index (χ4v) is 1.20. The Hall–Kier alpha value is -2.58. The van der Waals surface area contributed by atoms with Gasteiger partial charge in [-0.3, -0.25) is 4.79 Å². The molecular weight excluding hydrogens is 228 g/mol. The van der Waals surface area contributed by atoms with Crippen LogP contribution in [-0.2, 0) is 4.79 Å². The standard InChI is InChI=1S/C8H8N6O3/c1-4(8(16)17)14-7(11-12-13-14)5-2-3-6(15)10-9-5/h2-4H,1H3,(H,10,15)(H,16,17). The lowest BCUT2D eigenvalue weighted by Crippen LogP contribution is -2.18. The minimum atomic E-state index is -1.07. The van der Waals surface area contributed by atoms with E-state index in [0.29, 0.717) is 5.69 Å². The highest BCUT2D eigenvalue weighted by molar-refractivity contribution is 5.72. The van der Waals surface area contributed by atoms with Gasteiger partial charge in [0, 0.05) is 6.07 Å². The van der Waals surface area contributed by atoms with Crippen LogP contribution in [0.1, 0.15) is 13.0 Å². The van der Waals surface area contributed by atoms with Crippen LogP contribution in [0.25, 0.3) is 11.5 Å². The third-order valence-electron chi connectivity index (χ3n) is 2.13. The fourth-order valence-electron chi connectivity index (χ4n) is 1.20. The fraction of sp³-hybridized carbons (Fsp3) is 0.250. The zero-order chi connectivity index (χ0) is 12.4. The van der Waals surface area contributed by atoms with Crippen molar-refractivity contribution in [3.63, 3.8) is 0 Å². The molecule has 0 aliphatic heterocycles. The number of hydrogen-bond acceptors (Lipinski definition) is 6. The maximum atomic E-state index is 10.8. The quantitative estimate of drug-likeness (QED) is 0.704. The van der Waals surface area contributed by atoms with E-state index in [2.05, 4.69) is 25.7 Å². The van der Waals surface area contributed by atoms with Crippen molar-refractivity contribution in [2.45, 2.75) is 13.0 Å². The number of nitrogens with one attached hydrogen (secondary N) is 1. The van der Waals surface area contributed by atoms with Gasteiger partial charge in [0.1, 0.15) is 5.69 Å². The first-order valence-corrected chi connectivity index (χ1v) is 4.66. The summed E-state index contributed by atoms with van der Waals surface area (Å²) in [7, 11) is 0. The molecule has 1 unspecified atom stereocenters. The van der Waals surface area contributed by atoms with Gasteiger partial charge in [-0.2, -0.15) is 5.10 Å². The number of H-pyrrole nitrogens is 1. The van der Waals surface area contributed by atoms with Crippen LogP contribution in [0.3, 0.4) is 0 Å². The van der Waals surface area contributed by atoms with E-state index in [-0.39, 0.29) is 11.4 Å². The van der Waals surface area contributed by atoms with E-state index < -0.39 is 12.0 Å². The monoisotopic (exact) mass is 236 g/mol. The van der Waals surface area contributed by atoms with Gasteiger partial charge in [-0.15, -0.1) is 5.10 Å². The largest absolute Gasteiger partial charge is 0.480 e. The van der Waals surface area contributed by atoms with Gasteiger partial charge in [-0.1, -0.05) is 0 Å². The summed E-state index contributed by atoms with van der Waals surface area (Å²) < 4.78 is 1.11. The first kappa shape index (κ1) is 10.9. The van der Waals surface area contributed by atoms with Gasteiger partial charge in [-0.05, 0) is 23.4 Å². The summed E-state index contributed by atoms with van der Waals surface area (Å²) >= 11 is 0. The Bertz CT molecular complexity index is 583. The summed E-state index contributed by atoms with van der Waals surface area (Å²) in [5, 5.41) is 25.5. The summed E-state index contributed by atoms with van der Waals surface area (Å²) in [5.41, 5.74) is -0.0678. The molecule has 0 spiro atoms. The highest BCUT2D eigenvalue weighted by Crippen LogP contribution is 2.14. The van der Waals surface area contributed by atoms with E-state index in [1.54, 1.807) is 0 Å². The molecule has 1 atom stereocenters. The molecule has 0 saturated heterocycles. The van der Waals surface area contributed by atoms with Crippen molar-refractivity contribution in [3.8, 4) is 11.5 Å². The van der Waals surface area contributed by atoms with Gasteiger partial charge in [0.05, 0.1) is 0 Å². The van der Waals surface area contributed by atoms with Gasteiger partial charge < -0.3 is 5.11 Å². The number of nitrogens with zero attached hydrogens (tertiary/aromatic N) is 5. The van der Waals surface area contributed by atoms with Crippen molar-refractivity contribution in [3.05, 3.63) is 22.5 Å². The summed E-state index contributed by atoms with van der Waals surface area (Å²) in [6, 6.07) is 1.75. The highest BCUT2D eigenvalue weighted by atomic mass is 16.4. The van der Waals surface area contributed by atoms with E-state index >= 15 is 0 Å². The zero-order valence-electron chi connectivity index (χ0n) is 8.73. The molecule has 0 fully saturated rings. The van der Waals surface area contributed by atoms with Gasteiger partial charge in [0.15, 0.2) is 6.04 Å². The maximum Gasteiger partial charge on any atom is 0.328 e. The van der Waals surface area contributed by atoms with E-state index in [1.165, 1.54) is 19.1 Å². The second-order valence-corrected chi connectivity index (χ2v) is 3.27. The molecule has 0 amide bonds. The van der Waals surface area contributed by atoms with E-state index in [9.17, 15) is 9.59 Å². The van der Waals surface area contributed by atoms with Gasteiger partial charge in [-0.25, -0.2) is 14.6 Å². The number of aliphatic carboxylic acids is 1. The Morgan fingerprint density at radius 2 is 2.29 bits per heavy atom. The summed E-state index contributed by atoms with van der Waals surface area (Å²) in [5.74, 6) is -0.890. The van der Waals surface area contributed by atoms with Crippen LogP contribution in [0.2, 0.25) is 0 Å². The van der Waals surface area contributed by atoms with E-state index in [4.69, 9.17) is 5.11 Å². The number of rotatable bonds is 3. The molecule has 17 heavy (non-hydrogen) atoms. The van der Waals surface area contributed by atoms with Crippen molar-refractivity contribution in [1.29, 1.82) is 0 Å². The number of carboxylic acid groups (broad SMARTS) is 1. The molecule has 2 rings (SSSR count). The Balaban J connectivity index is 2.47. The number of carboxylic acids is 1. The van der Waals surface area contributed by atoms with E-state index in [0.717, 1.165) is 4.68 Å². The molecule has 0 aliphatic carbocycles. The average molecular weight is 236 g/mol. The zero-order valence-corrected chi connectivity index (χ0v) is 8.73. The molecule has 2 N–H and O–H groups in total. The average Bonchev–Trinajstić information content (AvgIpc) is 2.77. The van der Waals surface area contributed by atoms with E-state index in [1.807, 2.05) is 0 Å². The molecule has 9 nitrogen and oxygen atoms in total. The van der Waals surface area contributed by atoms with Crippen LogP contribution < -0.4 is 5.56 Å². The van der Waals surface area contributed by atoms with Crippen LogP contribution in [0.15, 0.2) is 16.9 Å². The number of aromatic amines is 1. The predicted octanol–water partition coefficient (Wildman–Crippen LogP) is -0.931. The maximum absolute atomic E-state index is 10.8. The minimum absolute atomic E-state index is 0.177. The number of hydrogen-bond donors (Lipinski definition) is 2.